The van der Waals surface area contributed by atoms with Crippen LogP contribution in [0.15, 0.2) is 30.3 Å². The SMILES string of the molecule is Cc1cc(F)c(-c2ccc(Cl)c(CNC3CC3)c2)cc1F. The van der Waals surface area contributed by atoms with Crippen molar-refractivity contribution in [3.63, 3.8) is 0 Å². The summed E-state index contributed by atoms with van der Waals surface area (Å²) in [5.74, 6) is -0.823. The summed E-state index contributed by atoms with van der Waals surface area (Å²) in [5.41, 5.74) is 2.12. The largest absolute Gasteiger partial charge is 0.310 e. The number of benzene rings is 2. The van der Waals surface area contributed by atoms with Crippen LogP contribution >= 0.6 is 11.6 Å². The molecule has 2 aromatic rings. The van der Waals surface area contributed by atoms with Gasteiger partial charge in [0.1, 0.15) is 11.6 Å². The third-order valence-corrected chi connectivity index (χ3v) is 4.13. The fourth-order valence-electron chi connectivity index (χ4n) is 2.29. The lowest BCUT2D eigenvalue weighted by Crippen LogP contribution is -2.15. The maximum absolute atomic E-state index is 14.1. The molecule has 0 radical (unpaired) electrons. The average molecular weight is 308 g/mol. The van der Waals surface area contributed by atoms with E-state index in [0.29, 0.717) is 28.7 Å². The molecule has 0 spiro atoms. The highest BCUT2D eigenvalue weighted by Crippen LogP contribution is 2.29. The van der Waals surface area contributed by atoms with Gasteiger partial charge < -0.3 is 5.32 Å². The number of rotatable bonds is 4. The number of nitrogens with one attached hydrogen (secondary N) is 1. The van der Waals surface area contributed by atoms with Crippen LogP contribution in [0.2, 0.25) is 5.02 Å². The molecule has 0 aliphatic heterocycles. The maximum Gasteiger partial charge on any atom is 0.131 e. The lowest BCUT2D eigenvalue weighted by atomic mass is 10.0. The molecule has 1 N–H and O–H groups in total. The van der Waals surface area contributed by atoms with E-state index >= 15 is 0 Å². The molecule has 4 heteroatoms. The predicted octanol–water partition coefficient (Wildman–Crippen LogP) is 4.85. The van der Waals surface area contributed by atoms with Gasteiger partial charge in [-0.3, -0.25) is 0 Å². The van der Waals surface area contributed by atoms with Crippen LogP contribution in [0.5, 0.6) is 0 Å². The zero-order valence-electron chi connectivity index (χ0n) is 11.7. The molecule has 0 saturated heterocycles. The van der Waals surface area contributed by atoms with Crippen LogP contribution in [0.1, 0.15) is 24.0 Å². The summed E-state index contributed by atoms with van der Waals surface area (Å²) < 4.78 is 27.7. The number of hydrogen-bond acceptors (Lipinski definition) is 1. The minimum atomic E-state index is -0.419. The normalized spacial score (nSPS) is 14.5. The molecule has 1 nitrogen and oxygen atoms in total. The van der Waals surface area contributed by atoms with E-state index in [9.17, 15) is 8.78 Å². The molecule has 0 aromatic heterocycles. The van der Waals surface area contributed by atoms with Crippen LogP contribution < -0.4 is 5.32 Å². The Labute approximate surface area is 127 Å². The second kappa shape index (κ2) is 5.74. The fraction of sp³-hybridized carbons (Fsp3) is 0.294. The topological polar surface area (TPSA) is 12.0 Å². The predicted molar refractivity (Wildman–Crippen MR) is 81.4 cm³/mol. The molecule has 0 amide bonds. The fourth-order valence-corrected chi connectivity index (χ4v) is 2.47. The second-order valence-electron chi connectivity index (χ2n) is 5.54. The first kappa shape index (κ1) is 14.5. The van der Waals surface area contributed by atoms with Crippen molar-refractivity contribution in [3.8, 4) is 11.1 Å². The van der Waals surface area contributed by atoms with E-state index in [1.807, 2.05) is 6.07 Å². The minimum absolute atomic E-state index is 0.266. The Kier molecular flexibility index (Phi) is 3.96. The molecule has 21 heavy (non-hydrogen) atoms. The summed E-state index contributed by atoms with van der Waals surface area (Å²) in [6.45, 7) is 2.20. The highest BCUT2D eigenvalue weighted by molar-refractivity contribution is 6.31. The van der Waals surface area contributed by atoms with Gasteiger partial charge in [-0.2, -0.15) is 0 Å². The van der Waals surface area contributed by atoms with Crippen molar-refractivity contribution in [2.24, 2.45) is 0 Å². The van der Waals surface area contributed by atoms with E-state index in [-0.39, 0.29) is 5.56 Å². The molecular weight excluding hydrogens is 292 g/mol. The Hall–Kier alpha value is -1.45. The van der Waals surface area contributed by atoms with Crippen LogP contribution in [0, 0.1) is 18.6 Å². The molecule has 1 aliphatic carbocycles. The molecule has 0 atom stereocenters. The first-order chi connectivity index (χ1) is 10.0. The summed E-state index contributed by atoms with van der Waals surface area (Å²) in [5, 5.41) is 4.01. The van der Waals surface area contributed by atoms with Gasteiger partial charge in [-0.05, 0) is 60.7 Å². The van der Waals surface area contributed by atoms with Gasteiger partial charge in [-0.1, -0.05) is 17.7 Å². The molecule has 1 aliphatic rings. The zero-order valence-corrected chi connectivity index (χ0v) is 12.5. The Balaban J connectivity index is 1.94. The number of aryl methyl sites for hydroxylation is 1. The van der Waals surface area contributed by atoms with Crippen molar-refractivity contribution >= 4 is 11.6 Å². The average Bonchev–Trinajstić information content (AvgIpc) is 3.26. The number of halogens is 3. The monoisotopic (exact) mass is 307 g/mol. The molecule has 110 valence electrons. The van der Waals surface area contributed by atoms with E-state index in [0.717, 1.165) is 5.56 Å². The molecule has 0 heterocycles. The van der Waals surface area contributed by atoms with E-state index in [4.69, 9.17) is 11.6 Å². The van der Waals surface area contributed by atoms with Crippen molar-refractivity contribution in [1.82, 2.24) is 5.32 Å². The zero-order chi connectivity index (χ0) is 15.0. The van der Waals surface area contributed by atoms with Gasteiger partial charge in [0.25, 0.3) is 0 Å². The first-order valence-electron chi connectivity index (χ1n) is 7.02. The third kappa shape index (κ3) is 3.25. The lowest BCUT2D eigenvalue weighted by Gasteiger charge is -2.10. The van der Waals surface area contributed by atoms with E-state index in [1.54, 1.807) is 19.1 Å². The van der Waals surface area contributed by atoms with Gasteiger partial charge >= 0.3 is 0 Å². The highest BCUT2D eigenvalue weighted by Gasteiger charge is 2.20. The number of hydrogen-bond donors (Lipinski definition) is 1. The molecule has 0 unspecified atom stereocenters. The smallest absolute Gasteiger partial charge is 0.131 e. The van der Waals surface area contributed by atoms with Crippen LogP contribution in [0.3, 0.4) is 0 Å². The Morgan fingerprint density at radius 3 is 2.62 bits per heavy atom. The quantitative estimate of drug-likeness (QED) is 0.852. The Morgan fingerprint density at radius 2 is 1.90 bits per heavy atom. The van der Waals surface area contributed by atoms with Crippen molar-refractivity contribution < 1.29 is 8.78 Å². The first-order valence-corrected chi connectivity index (χ1v) is 7.40. The molecule has 0 bridgehead atoms. The van der Waals surface area contributed by atoms with Crippen molar-refractivity contribution in [2.45, 2.75) is 32.4 Å². The molecular formula is C17H16ClF2N. The van der Waals surface area contributed by atoms with Crippen LogP contribution in [-0.2, 0) is 6.54 Å². The third-order valence-electron chi connectivity index (χ3n) is 3.76. The summed E-state index contributed by atoms with van der Waals surface area (Å²) in [6, 6.07) is 8.31. The van der Waals surface area contributed by atoms with E-state index in [2.05, 4.69) is 5.32 Å². The Bertz CT molecular complexity index is 681. The summed E-state index contributed by atoms with van der Waals surface area (Å²) in [4.78, 5) is 0. The second-order valence-corrected chi connectivity index (χ2v) is 5.95. The van der Waals surface area contributed by atoms with Crippen LogP contribution in [-0.4, -0.2) is 6.04 Å². The van der Waals surface area contributed by atoms with E-state index in [1.165, 1.54) is 25.0 Å². The van der Waals surface area contributed by atoms with Gasteiger partial charge in [-0.15, -0.1) is 0 Å². The maximum atomic E-state index is 14.1. The van der Waals surface area contributed by atoms with Gasteiger partial charge in [0.15, 0.2) is 0 Å². The standard InChI is InChI=1S/C17H16ClF2N/c1-10-6-17(20)14(8-16(10)19)11-2-5-15(18)12(7-11)9-21-13-3-4-13/h2,5-8,13,21H,3-4,9H2,1H3. The minimum Gasteiger partial charge on any atom is -0.310 e. The van der Waals surface area contributed by atoms with Crippen molar-refractivity contribution in [1.29, 1.82) is 0 Å². The van der Waals surface area contributed by atoms with Gasteiger partial charge in [0.05, 0.1) is 0 Å². The molecule has 2 aromatic carbocycles. The lowest BCUT2D eigenvalue weighted by molar-refractivity contribution is 0.595. The molecule has 1 saturated carbocycles. The summed E-state index contributed by atoms with van der Waals surface area (Å²) in [7, 11) is 0. The summed E-state index contributed by atoms with van der Waals surface area (Å²) in [6.07, 6.45) is 2.38. The Morgan fingerprint density at radius 1 is 1.14 bits per heavy atom. The van der Waals surface area contributed by atoms with Crippen LogP contribution in [0.4, 0.5) is 8.78 Å². The van der Waals surface area contributed by atoms with E-state index < -0.39 is 11.6 Å². The van der Waals surface area contributed by atoms with Crippen LogP contribution in [0.25, 0.3) is 11.1 Å². The molecule has 3 rings (SSSR count). The van der Waals surface area contributed by atoms with Gasteiger partial charge in [-0.25, -0.2) is 8.78 Å². The molecule has 1 fully saturated rings. The highest BCUT2D eigenvalue weighted by atomic mass is 35.5. The van der Waals surface area contributed by atoms with Crippen molar-refractivity contribution in [2.75, 3.05) is 0 Å². The van der Waals surface area contributed by atoms with Crippen molar-refractivity contribution in [3.05, 3.63) is 58.1 Å². The van der Waals surface area contributed by atoms with Gasteiger partial charge in [0, 0.05) is 23.2 Å². The summed E-state index contributed by atoms with van der Waals surface area (Å²) >= 11 is 6.18. The van der Waals surface area contributed by atoms with Gasteiger partial charge in [0.2, 0.25) is 0 Å².